The number of carbonyl (C=O) groups is 1. The largest absolute Gasteiger partial charge is 0.493 e. The first-order chi connectivity index (χ1) is 28.6. The fourth-order valence-corrected chi connectivity index (χ4v) is 6.75. The summed E-state index contributed by atoms with van der Waals surface area (Å²) in [5, 5.41) is 0. The number of rotatable bonds is 39. The van der Waals surface area contributed by atoms with Crippen LogP contribution in [0.15, 0.2) is 36.4 Å². The zero-order chi connectivity index (χ0) is 41.9. The van der Waals surface area contributed by atoms with E-state index in [9.17, 15) is 4.79 Å². The summed E-state index contributed by atoms with van der Waals surface area (Å²) in [6.45, 7) is 16.3. The molecule has 0 aromatic heterocycles. The van der Waals surface area contributed by atoms with Gasteiger partial charge in [-0.25, -0.2) is 0 Å². The molecule has 0 bridgehead atoms. The topological polar surface area (TPSA) is 72.5 Å². The third kappa shape index (κ3) is 20.6. The summed E-state index contributed by atoms with van der Waals surface area (Å²) in [5.41, 5.74) is 1.17. The second-order valence-electron chi connectivity index (χ2n) is 15.7. The molecule has 0 radical (unpaired) electrons. The molecule has 330 valence electrons. The maximum Gasteiger partial charge on any atom is 0.211 e. The first-order valence-electron chi connectivity index (χ1n) is 23.9. The van der Waals surface area contributed by atoms with E-state index in [-0.39, 0.29) is 5.78 Å². The average Bonchev–Trinajstić information content (AvgIpc) is 3.24. The van der Waals surface area contributed by atoms with Gasteiger partial charge in [0.1, 0.15) is 11.3 Å². The molecule has 2 aromatic carbocycles. The second kappa shape index (κ2) is 34.5. The SMILES string of the molecule is CCCCCCOC(=CC(=O)c1ccccc1)c1c(OCCCCCC)c(OCCCCCC)c(OCCCCCC)c(OCCCCCC)c1OCCCCCC. The second-order valence-corrected chi connectivity index (χ2v) is 15.7. The molecule has 0 amide bonds. The Balaban J connectivity index is 3.01. The van der Waals surface area contributed by atoms with E-state index >= 15 is 0 Å². The van der Waals surface area contributed by atoms with Crippen molar-refractivity contribution in [3.8, 4) is 28.7 Å². The standard InChI is InChI=1S/C51H84O7/c1-7-13-19-28-36-53-45(42-44(52)43-34-26-25-27-35-43)46-47(54-37-29-20-14-8-2)49(56-39-31-22-16-10-4)51(58-41-33-24-18-12-6)50(57-40-32-23-17-11-5)48(46)55-38-30-21-15-9-3/h25-27,34-35,42H,7-24,28-33,36-41H2,1-6H3. The molecule has 2 aromatic rings. The molecule has 0 N–H and O–H groups in total. The van der Waals surface area contributed by atoms with Crippen molar-refractivity contribution in [1.82, 2.24) is 0 Å². The average molecular weight is 809 g/mol. The number of hydrogen-bond acceptors (Lipinski definition) is 7. The van der Waals surface area contributed by atoms with Crippen LogP contribution in [0.2, 0.25) is 0 Å². The van der Waals surface area contributed by atoms with E-state index < -0.39 is 0 Å². The summed E-state index contributed by atoms with van der Waals surface area (Å²) >= 11 is 0. The van der Waals surface area contributed by atoms with Gasteiger partial charge in [0.25, 0.3) is 0 Å². The molecule has 0 atom stereocenters. The van der Waals surface area contributed by atoms with E-state index in [1.807, 2.05) is 30.3 Å². The Kier molecular flexibility index (Phi) is 30.2. The number of carbonyl (C=O) groups excluding carboxylic acids is 1. The fourth-order valence-electron chi connectivity index (χ4n) is 6.75. The number of hydrogen-bond donors (Lipinski definition) is 0. The van der Waals surface area contributed by atoms with Crippen LogP contribution in [0, 0.1) is 0 Å². The lowest BCUT2D eigenvalue weighted by molar-refractivity contribution is 0.104. The van der Waals surface area contributed by atoms with Crippen LogP contribution >= 0.6 is 0 Å². The summed E-state index contributed by atoms with van der Waals surface area (Å²) < 4.78 is 41.1. The summed E-state index contributed by atoms with van der Waals surface area (Å²) in [7, 11) is 0. The first-order valence-corrected chi connectivity index (χ1v) is 23.9. The molecule has 0 saturated carbocycles. The van der Waals surface area contributed by atoms with E-state index in [0.717, 1.165) is 154 Å². The van der Waals surface area contributed by atoms with Gasteiger partial charge in [0.15, 0.2) is 17.3 Å². The molecule has 0 saturated heterocycles. The molecular weight excluding hydrogens is 725 g/mol. The zero-order valence-corrected chi connectivity index (χ0v) is 38.0. The van der Waals surface area contributed by atoms with Gasteiger partial charge in [-0.1, -0.05) is 187 Å². The van der Waals surface area contributed by atoms with Crippen LogP contribution in [-0.4, -0.2) is 45.4 Å². The van der Waals surface area contributed by atoms with Crippen molar-refractivity contribution in [1.29, 1.82) is 0 Å². The third-order valence-electron chi connectivity index (χ3n) is 10.3. The maximum atomic E-state index is 14.1. The zero-order valence-electron chi connectivity index (χ0n) is 38.0. The van der Waals surface area contributed by atoms with E-state index in [1.165, 1.54) is 0 Å². The maximum absolute atomic E-state index is 14.1. The highest BCUT2D eigenvalue weighted by atomic mass is 16.6. The number of benzene rings is 2. The van der Waals surface area contributed by atoms with Crippen molar-refractivity contribution in [2.75, 3.05) is 39.6 Å². The van der Waals surface area contributed by atoms with Gasteiger partial charge in [0.2, 0.25) is 17.2 Å². The molecule has 0 aliphatic heterocycles. The van der Waals surface area contributed by atoms with E-state index in [1.54, 1.807) is 6.08 Å². The minimum absolute atomic E-state index is 0.146. The lowest BCUT2D eigenvalue weighted by Crippen LogP contribution is -2.14. The van der Waals surface area contributed by atoms with E-state index in [2.05, 4.69) is 41.5 Å². The minimum Gasteiger partial charge on any atom is -0.493 e. The smallest absolute Gasteiger partial charge is 0.211 e. The van der Waals surface area contributed by atoms with Crippen LogP contribution in [0.4, 0.5) is 0 Å². The molecule has 58 heavy (non-hydrogen) atoms. The van der Waals surface area contributed by atoms with Crippen molar-refractivity contribution in [3.05, 3.63) is 47.5 Å². The van der Waals surface area contributed by atoms with Gasteiger partial charge in [0, 0.05) is 11.6 Å². The fraction of sp³-hybridized carbons (Fsp3) is 0.706. The number of allylic oxidation sites excluding steroid dienone is 1. The van der Waals surface area contributed by atoms with Crippen molar-refractivity contribution < 1.29 is 33.2 Å². The Morgan fingerprint density at radius 1 is 0.397 bits per heavy atom. The highest BCUT2D eigenvalue weighted by Crippen LogP contribution is 2.56. The molecule has 7 heteroatoms. The van der Waals surface area contributed by atoms with Gasteiger partial charge >= 0.3 is 0 Å². The number of ketones is 1. The Hall–Kier alpha value is -3.35. The summed E-state index contributed by atoms with van der Waals surface area (Å²) in [4.78, 5) is 14.1. The van der Waals surface area contributed by atoms with Gasteiger partial charge in [-0.05, 0) is 38.5 Å². The normalized spacial score (nSPS) is 11.4. The molecule has 0 unspecified atom stereocenters. The van der Waals surface area contributed by atoms with Gasteiger partial charge in [-0.15, -0.1) is 0 Å². The molecule has 7 nitrogen and oxygen atoms in total. The molecule has 0 spiro atoms. The van der Waals surface area contributed by atoms with Gasteiger partial charge < -0.3 is 28.4 Å². The predicted molar refractivity (Wildman–Crippen MR) is 243 cm³/mol. The highest BCUT2D eigenvalue weighted by molar-refractivity contribution is 6.08. The van der Waals surface area contributed by atoms with Crippen LogP contribution in [0.1, 0.15) is 212 Å². The molecule has 0 heterocycles. The monoisotopic (exact) mass is 809 g/mol. The van der Waals surface area contributed by atoms with Gasteiger partial charge in [-0.3, -0.25) is 4.79 Å². The van der Waals surface area contributed by atoms with Crippen molar-refractivity contribution in [2.24, 2.45) is 0 Å². The molecule has 0 aliphatic rings. The molecule has 2 rings (SSSR count). The first kappa shape index (κ1) is 50.8. The van der Waals surface area contributed by atoms with Crippen LogP contribution in [0.3, 0.4) is 0 Å². The van der Waals surface area contributed by atoms with E-state index in [0.29, 0.717) is 85.3 Å². The number of unbranched alkanes of at least 4 members (excludes halogenated alkanes) is 18. The van der Waals surface area contributed by atoms with E-state index in [4.69, 9.17) is 28.4 Å². The summed E-state index contributed by atoms with van der Waals surface area (Å²) in [6.07, 6.45) is 27.0. The van der Waals surface area contributed by atoms with Crippen molar-refractivity contribution >= 4 is 11.5 Å². The Bertz CT molecular complexity index is 1290. The van der Waals surface area contributed by atoms with Crippen molar-refractivity contribution in [2.45, 2.75) is 196 Å². The Morgan fingerprint density at radius 3 is 1.05 bits per heavy atom. The van der Waals surface area contributed by atoms with Crippen molar-refractivity contribution in [3.63, 3.8) is 0 Å². The highest BCUT2D eigenvalue weighted by Gasteiger charge is 2.34. The quantitative estimate of drug-likeness (QED) is 0.0288. The third-order valence-corrected chi connectivity index (χ3v) is 10.3. The Labute approximate surface area is 355 Å². The summed E-state index contributed by atoms with van der Waals surface area (Å²) in [6, 6.07) is 9.40. The van der Waals surface area contributed by atoms with Gasteiger partial charge in [-0.2, -0.15) is 0 Å². The molecule has 0 aliphatic carbocycles. The lowest BCUT2D eigenvalue weighted by Gasteiger charge is -2.27. The predicted octanol–water partition coefficient (Wildman–Crippen LogP) is 15.3. The van der Waals surface area contributed by atoms with Crippen LogP contribution in [0.25, 0.3) is 5.76 Å². The minimum atomic E-state index is -0.146. The Morgan fingerprint density at radius 2 is 0.707 bits per heavy atom. The summed E-state index contributed by atoms with van der Waals surface area (Å²) in [5.74, 6) is 2.87. The molecule has 0 fully saturated rings. The number of ether oxygens (including phenoxy) is 6. The van der Waals surface area contributed by atoms with Crippen LogP contribution in [-0.2, 0) is 4.74 Å². The van der Waals surface area contributed by atoms with Crippen LogP contribution in [0.5, 0.6) is 28.7 Å². The lowest BCUT2D eigenvalue weighted by atomic mass is 10.0. The van der Waals surface area contributed by atoms with Crippen LogP contribution < -0.4 is 23.7 Å². The van der Waals surface area contributed by atoms with Gasteiger partial charge in [0.05, 0.1) is 39.6 Å². The molecular formula is C51H84O7.